The Labute approximate surface area is 258 Å². The van der Waals surface area contributed by atoms with Gasteiger partial charge in [0.25, 0.3) is 0 Å². The van der Waals surface area contributed by atoms with Gasteiger partial charge >= 0.3 is 6.11 Å². The maximum atomic E-state index is 15.2. The summed E-state index contributed by atoms with van der Waals surface area (Å²) in [6, 6.07) is 8.87. The SMILES string of the molecule is CCCCCC1CCC(C2COC(c3ccc(-c4cc(F)c(C(F)(F)Oc5ccc(C#N)c(F)c5)c(F)c4)c(F)c3)OC2)CC1. The van der Waals surface area contributed by atoms with Crippen LogP contribution in [0.3, 0.4) is 0 Å². The van der Waals surface area contributed by atoms with Gasteiger partial charge in [0.05, 0.1) is 18.8 Å². The van der Waals surface area contributed by atoms with Gasteiger partial charge in [0, 0.05) is 23.1 Å². The first-order chi connectivity index (χ1) is 21.6. The Morgan fingerprint density at radius 2 is 1.51 bits per heavy atom. The van der Waals surface area contributed by atoms with Crippen LogP contribution in [0.1, 0.15) is 81.3 Å². The molecule has 0 radical (unpaired) electrons. The van der Waals surface area contributed by atoms with Gasteiger partial charge in [0.2, 0.25) is 0 Å². The number of hydrogen-bond donors (Lipinski definition) is 0. The molecule has 1 saturated heterocycles. The first kappa shape index (κ1) is 32.8. The summed E-state index contributed by atoms with van der Waals surface area (Å²) in [5, 5.41) is 8.78. The highest BCUT2D eigenvalue weighted by molar-refractivity contribution is 5.65. The van der Waals surface area contributed by atoms with Crippen LogP contribution in [0.5, 0.6) is 5.75 Å². The Bertz CT molecular complexity index is 1500. The molecule has 2 aliphatic rings. The zero-order valence-corrected chi connectivity index (χ0v) is 24.9. The maximum absolute atomic E-state index is 15.2. The average molecular weight is 632 g/mol. The van der Waals surface area contributed by atoms with Gasteiger partial charge in [0.1, 0.15) is 40.7 Å². The number of unbranched alkanes of at least 4 members (excludes halogenated alkanes) is 2. The van der Waals surface area contributed by atoms with Gasteiger partial charge in [-0.1, -0.05) is 57.6 Å². The minimum absolute atomic E-state index is 0.217. The fourth-order valence-electron chi connectivity index (χ4n) is 6.38. The third-order valence-electron chi connectivity index (χ3n) is 8.91. The Hall–Kier alpha value is -3.55. The molecular weight excluding hydrogens is 596 g/mol. The van der Waals surface area contributed by atoms with Crippen molar-refractivity contribution in [1.29, 1.82) is 5.26 Å². The van der Waals surface area contributed by atoms with E-state index in [1.54, 1.807) is 0 Å². The molecule has 1 aliphatic heterocycles. The molecule has 0 spiro atoms. The van der Waals surface area contributed by atoms with E-state index in [1.807, 2.05) is 0 Å². The highest BCUT2D eigenvalue weighted by Gasteiger charge is 2.41. The lowest BCUT2D eigenvalue weighted by Crippen LogP contribution is -2.34. The quantitative estimate of drug-likeness (QED) is 0.165. The summed E-state index contributed by atoms with van der Waals surface area (Å²) < 4.78 is 105. The summed E-state index contributed by atoms with van der Waals surface area (Å²) in [4.78, 5) is 0. The molecule has 10 heteroatoms. The largest absolute Gasteiger partial charge is 0.432 e. The zero-order valence-electron chi connectivity index (χ0n) is 24.9. The van der Waals surface area contributed by atoms with Crippen LogP contribution in [0.4, 0.5) is 26.3 Å². The summed E-state index contributed by atoms with van der Waals surface area (Å²) in [6.45, 7) is 3.19. The number of halogens is 6. The van der Waals surface area contributed by atoms with Crippen molar-refractivity contribution in [3.05, 3.63) is 88.5 Å². The number of nitriles is 1. The normalized spacial score (nSPS) is 22.2. The second kappa shape index (κ2) is 14.3. The average Bonchev–Trinajstić information content (AvgIpc) is 3.01. The molecule has 2 fully saturated rings. The van der Waals surface area contributed by atoms with Gasteiger partial charge in [-0.25, -0.2) is 17.6 Å². The van der Waals surface area contributed by atoms with Gasteiger partial charge < -0.3 is 14.2 Å². The summed E-state index contributed by atoms with van der Waals surface area (Å²) in [5.41, 5.74) is -2.28. The Morgan fingerprint density at radius 3 is 2.11 bits per heavy atom. The standard InChI is InChI=1S/C35H35F6NO3/c1-2-3-4-5-21-6-8-22(9-7-21)26-19-43-34(44-20-26)23-11-13-28(30(37)14-23)25-15-31(38)33(32(39)16-25)35(40,41)45-27-12-10-24(18-42)29(36)17-27/h10-17,21-22,26,34H,2-9,19-20H2,1H3. The van der Waals surface area contributed by atoms with Crippen molar-refractivity contribution in [2.75, 3.05) is 13.2 Å². The summed E-state index contributed by atoms with van der Waals surface area (Å²) in [6.07, 6.45) is 4.53. The van der Waals surface area contributed by atoms with Crippen LogP contribution in [-0.2, 0) is 15.6 Å². The maximum Gasteiger partial charge on any atom is 0.432 e. The van der Waals surface area contributed by atoms with E-state index >= 15 is 4.39 Å². The number of rotatable bonds is 10. The molecule has 1 saturated carbocycles. The predicted molar refractivity (Wildman–Crippen MR) is 155 cm³/mol. The Balaban J connectivity index is 1.22. The molecule has 0 aromatic heterocycles. The van der Waals surface area contributed by atoms with Crippen molar-refractivity contribution in [2.24, 2.45) is 17.8 Å². The third-order valence-corrected chi connectivity index (χ3v) is 8.91. The van der Waals surface area contributed by atoms with Gasteiger partial charge in [-0.05, 0) is 60.6 Å². The van der Waals surface area contributed by atoms with E-state index in [2.05, 4.69) is 11.7 Å². The predicted octanol–water partition coefficient (Wildman–Crippen LogP) is 9.96. The highest BCUT2D eigenvalue weighted by atomic mass is 19.3. The van der Waals surface area contributed by atoms with E-state index in [9.17, 15) is 22.0 Å². The molecule has 3 aromatic rings. The molecule has 45 heavy (non-hydrogen) atoms. The summed E-state index contributed by atoms with van der Waals surface area (Å²) in [7, 11) is 0. The van der Waals surface area contributed by atoms with Crippen molar-refractivity contribution in [3.8, 4) is 22.9 Å². The van der Waals surface area contributed by atoms with Crippen LogP contribution in [0.15, 0.2) is 48.5 Å². The molecule has 3 aromatic carbocycles. The summed E-state index contributed by atoms with van der Waals surface area (Å²) >= 11 is 0. The van der Waals surface area contributed by atoms with Crippen molar-refractivity contribution in [3.63, 3.8) is 0 Å². The smallest absolute Gasteiger partial charge is 0.429 e. The van der Waals surface area contributed by atoms with Crippen molar-refractivity contribution in [1.82, 2.24) is 0 Å². The summed E-state index contributed by atoms with van der Waals surface area (Å²) in [5.74, 6) is -4.50. The number of hydrogen-bond acceptors (Lipinski definition) is 4. The van der Waals surface area contributed by atoms with Crippen molar-refractivity contribution < 1.29 is 40.6 Å². The van der Waals surface area contributed by atoms with E-state index in [-0.39, 0.29) is 17.0 Å². The van der Waals surface area contributed by atoms with Gasteiger partial charge in [-0.3, -0.25) is 0 Å². The monoisotopic (exact) mass is 631 g/mol. The minimum Gasteiger partial charge on any atom is -0.429 e. The fraction of sp³-hybridized carbons (Fsp3) is 0.457. The van der Waals surface area contributed by atoms with E-state index < -0.39 is 52.5 Å². The first-order valence-corrected chi connectivity index (χ1v) is 15.4. The number of benzene rings is 3. The van der Waals surface area contributed by atoms with E-state index in [0.717, 1.165) is 37.0 Å². The fourth-order valence-corrected chi connectivity index (χ4v) is 6.38. The topological polar surface area (TPSA) is 51.5 Å². The molecule has 4 nitrogen and oxygen atoms in total. The molecule has 0 unspecified atom stereocenters. The van der Waals surface area contributed by atoms with Crippen LogP contribution in [0.2, 0.25) is 0 Å². The number of alkyl halides is 2. The lowest BCUT2D eigenvalue weighted by atomic mass is 9.74. The van der Waals surface area contributed by atoms with Crippen molar-refractivity contribution >= 4 is 0 Å². The molecular formula is C35H35F6NO3. The molecule has 1 aliphatic carbocycles. The first-order valence-electron chi connectivity index (χ1n) is 15.4. The lowest BCUT2D eigenvalue weighted by molar-refractivity contribution is -0.214. The van der Waals surface area contributed by atoms with Crippen LogP contribution >= 0.6 is 0 Å². The number of nitrogens with zero attached hydrogens (tertiary/aromatic N) is 1. The Kier molecular flexibility index (Phi) is 10.4. The van der Waals surface area contributed by atoms with Crippen LogP contribution in [0.25, 0.3) is 11.1 Å². The highest BCUT2D eigenvalue weighted by Crippen LogP contribution is 2.40. The van der Waals surface area contributed by atoms with E-state index in [4.69, 9.17) is 14.7 Å². The molecule has 1 heterocycles. The second-order valence-electron chi connectivity index (χ2n) is 12.0. The molecule has 0 amide bonds. The van der Waals surface area contributed by atoms with E-state index in [1.165, 1.54) is 56.7 Å². The zero-order chi connectivity index (χ0) is 32.1. The van der Waals surface area contributed by atoms with Crippen LogP contribution in [-0.4, -0.2) is 13.2 Å². The molecule has 240 valence electrons. The van der Waals surface area contributed by atoms with E-state index in [0.29, 0.717) is 42.9 Å². The third kappa shape index (κ3) is 7.64. The van der Waals surface area contributed by atoms with Crippen LogP contribution < -0.4 is 4.74 Å². The van der Waals surface area contributed by atoms with Crippen LogP contribution in [0, 0.1) is 52.4 Å². The minimum atomic E-state index is -4.54. The molecule has 0 bridgehead atoms. The molecule has 0 atom stereocenters. The van der Waals surface area contributed by atoms with Gasteiger partial charge in [-0.15, -0.1) is 0 Å². The van der Waals surface area contributed by atoms with Crippen molar-refractivity contribution in [2.45, 2.75) is 70.7 Å². The molecule has 0 N–H and O–H groups in total. The molecule has 5 rings (SSSR count). The Morgan fingerprint density at radius 1 is 0.822 bits per heavy atom. The number of ether oxygens (including phenoxy) is 3. The second-order valence-corrected chi connectivity index (χ2v) is 12.0. The van der Waals surface area contributed by atoms with Gasteiger partial charge in [0.15, 0.2) is 6.29 Å². The van der Waals surface area contributed by atoms with Gasteiger partial charge in [-0.2, -0.15) is 14.0 Å². The lowest BCUT2D eigenvalue weighted by Gasteiger charge is -2.38.